The number of anilines is 2. The maximum Gasteiger partial charge on any atom is 0.158 e. The van der Waals surface area contributed by atoms with E-state index >= 15 is 0 Å². The average Bonchev–Trinajstić information content (AvgIpc) is 2.99. The smallest absolute Gasteiger partial charge is 0.158 e. The third-order valence-electron chi connectivity index (χ3n) is 4.76. The van der Waals surface area contributed by atoms with Gasteiger partial charge in [0.05, 0.1) is 16.4 Å². The summed E-state index contributed by atoms with van der Waals surface area (Å²) in [7, 11) is 0. The Morgan fingerprint density at radius 3 is 3.00 bits per heavy atom. The van der Waals surface area contributed by atoms with Gasteiger partial charge in [-0.25, -0.2) is 9.98 Å². The number of fused-ring (bicyclic) bond motifs is 2. The number of aromatic nitrogens is 1. The highest BCUT2D eigenvalue weighted by atomic mass is 32.1. The number of thiazole rings is 1. The van der Waals surface area contributed by atoms with Gasteiger partial charge in [0.25, 0.3) is 0 Å². The molecule has 0 aliphatic carbocycles. The first kappa shape index (κ1) is 17.5. The van der Waals surface area contributed by atoms with Crippen molar-refractivity contribution in [3.05, 3.63) is 35.0 Å². The number of benzene rings is 1. The molecule has 2 aliphatic rings. The van der Waals surface area contributed by atoms with Crippen LogP contribution < -0.4 is 10.6 Å². The summed E-state index contributed by atoms with van der Waals surface area (Å²) in [4.78, 5) is 12.2. The van der Waals surface area contributed by atoms with Gasteiger partial charge < -0.3 is 20.6 Å². The minimum absolute atomic E-state index is 0.196. The molecule has 0 saturated carbocycles. The van der Waals surface area contributed by atoms with E-state index in [1.807, 2.05) is 18.2 Å². The van der Waals surface area contributed by atoms with Crippen molar-refractivity contribution in [3.63, 3.8) is 0 Å². The molecule has 1 aromatic carbocycles. The van der Waals surface area contributed by atoms with E-state index in [4.69, 9.17) is 9.98 Å². The molecule has 1 saturated heterocycles. The summed E-state index contributed by atoms with van der Waals surface area (Å²) in [5.41, 5.74) is 2.90. The molecule has 1 unspecified atom stereocenters. The third kappa shape index (κ3) is 3.34. The second-order valence-electron chi connectivity index (χ2n) is 7.07. The van der Waals surface area contributed by atoms with Crippen LogP contribution in [-0.4, -0.2) is 53.1 Å². The summed E-state index contributed by atoms with van der Waals surface area (Å²) >= 11 is 1.71. The SMILES string of the molecule is CC(C)c1nc2c(s1)Nc1ccccc1N=C2N1CCNC(CCO)C1. The third-order valence-corrected chi connectivity index (χ3v) is 6.03. The number of amidine groups is 1. The number of piperazine rings is 1. The van der Waals surface area contributed by atoms with Gasteiger partial charge in [0.2, 0.25) is 0 Å². The fourth-order valence-corrected chi connectivity index (χ4v) is 4.35. The van der Waals surface area contributed by atoms with E-state index in [9.17, 15) is 5.11 Å². The first-order valence-electron chi connectivity index (χ1n) is 9.20. The highest BCUT2D eigenvalue weighted by Crippen LogP contribution is 2.39. The molecule has 2 aromatic rings. The van der Waals surface area contributed by atoms with Gasteiger partial charge >= 0.3 is 0 Å². The molecule has 0 amide bonds. The van der Waals surface area contributed by atoms with Crippen molar-refractivity contribution in [2.75, 3.05) is 31.6 Å². The van der Waals surface area contributed by atoms with Gasteiger partial charge in [-0.1, -0.05) is 26.0 Å². The second-order valence-corrected chi connectivity index (χ2v) is 8.10. The molecule has 26 heavy (non-hydrogen) atoms. The lowest BCUT2D eigenvalue weighted by molar-refractivity contribution is 0.223. The molecular formula is C19H25N5OS. The van der Waals surface area contributed by atoms with Crippen LogP contribution in [0.3, 0.4) is 0 Å². The van der Waals surface area contributed by atoms with E-state index in [1.165, 1.54) is 0 Å². The molecule has 1 fully saturated rings. The van der Waals surface area contributed by atoms with Gasteiger partial charge in [0.15, 0.2) is 5.84 Å². The van der Waals surface area contributed by atoms with Crippen molar-refractivity contribution in [3.8, 4) is 0 Å². The van der Waals surface area contributed by atoms with Crippen LogP contribution in [0.2, 0.25) is 0 Å². The molecule has 2 aliphatic heterocycles. The normalized spacial score (nSPS) is 19.5. The van der Waals surface area contributed by atoms with Gasteiger partial charge in [0, 0.05) is 38.2 Å². The van der Waals surface area contributed by atoms with Crippen molar-refractivity contribution in [1.29, 1.82) is 0 Å². The number of nitrogens with one attached hydrogen (secondary N) is 2. The van der Waals surface area contributed by atoms with Crippen LogP contribution in [-0.2, 0) is 0 Å². The van der Waals surface area contributed by atoms with E-state index in [1.54, 1.807) is 11.3 Å². The predicted octanol–water partition coefficient (Wildman–Crippen LogP) is 3.06. The molecule has 3 N–H and O–H groups in total. The van der Waals surface area contributed by atoms with Gasteiger partial charge in [-0.2, -0.15) is 0 Å². The molecule has 1 atom stereocenters. The van der Waals surface area contributed by atoms with Crippen LogP contribution in [0.25, 0.3) is 0 Å². The van der Waals surface area contributed by atoms with Crippen LogP contribution in [0.15, 0.2) is 29.3 Å². The van der Waals surface area contributed by atoms with E-state index in [2.05, 4.69) is 35.4 Å². The van der Waals surface area contributed by atoms with Crippen LogP contribution in [0.4, 0.5) is 16.4 Å². The minimum atomic E-state index is 0.196. The molecular weight excluding hydrogens is 346 g/mol. The molecule has 3 heterocycles. The van der Waals surface area contributed by atoms with Crippen molar-refractivity contribution in [1.82, 2.24) is 15.2 Å². The minimum Gasteiger partial charge on any atom is -0.396 e. The quantitative estimate of drug-likeness (QED) is 0.773. The molecule has 0 bridgehead atoms. The summed E-state index contributed by atoms with van der Waals surface area (Å²) in [5.74, 6) is 1.32. The second kappa shape index (κ2) is 7.34. The van der Waals surface area contributed by atoms with Gasteiger partial charge in [-0.3, -0.25) is 0 Å². The Bertz CT molecular complexity index is 814. The highest BCUT2D eigenvalue weighted by Gasteiger charge is 2.29. The van der Waals surface area contributed by atoms with Crippen LogP contribution >= 0.6 is 11.3 Å². The number of aliphatic hydroxyl groups is 1. The number of hydrogen-bond acceptors (Lipinski definition) is 7. The number of para-hydroxylation sites is 2. The summed E-state index contributed by atoms with van der Waals surface area (Å²) in [6, 6.07) is 8.41. The molecule has 7 heteroatoms. The number of hydrogen-bond donors (Lipinski definition) is 3. The van der Waals surface area contributed by atoms with Crippen molar-refractivity contribution >= 4 is 33.5 Å². The van der Waals surface area contributed by atoms with Crippen molar-refractivity contribution in [2.24, 2.45) is 4.99 Å². The zero-order chi connectivity index (χ0) is 18.1. The summed E-state index contributed by atoms with van der Waals surface area (Å²) in [6.07, 6.45) is 0.750. The molecule has 138 valence electrons. The lowest BCUT2D eigenvalue weighted by atomic mass is 10.1. The fraction of sp³-hybridized carbons (Fsp3) is 0.474. The lowest BCUT2D eigenvalue weighted by Gasteiger charge is -2.35. The molecule has 1 aromatic heterocycles. The van der Waals surface area contributed by atoms with Crippen molar-refractivity contribution in [2.45, 2.75) is 32.2 Å². The monoisotopic (exact) mass is 371 g/mol. The molecule has 4 rings (SSSR count). The topological polar surface area (TPSA) is 72.8 Å². The number of nitrogens with zero attached hydrogens (tertiary/aromatic N) is 3. The Hall–Kier alpha value is -1.96. The summed E-state index contributed by atoms with van der Waals surface area (Å²) < 4.78 is 0. The van der Waals surface area contributed by atoms with Crippen LogP contribution in [0, 0.1) is 0 Å². The van der Waals surface area contributed by atoms with E-state index in [-0.39, 0.29) is 12.6 Å². The Morgan fingerprint density at radius 1 is 1.35 bits per heavy atom. The predicted molar refractivity (Wildman–Crippen MR) is 107 cm³/mol. The number of aliphatic imine (C=N–C) groups is 1. The van der Waals surface area contributed by atoms with E-state index in [0.29, 0.717) is 5.92 Å². The Kier molecular flexibility index (Phi) is 4.93. The summed E-state index contributed by atoms with van der Waals surface area (Å²) in [6.45, 7) is 7.14. The molecule has 0 radical (unpaired) electrons. The fourth-order valence-electron chi connectivity index (χ4n) is 3.37. The van der Waals surface area contributed by atoms with Crippen molar-refractivity contribution < 1.29 is 5.11 Å². The Morgan fingerprint density at radius 2 is 2.19 bits per heavy atom. The lowest BCUT2D eigenvalue weighted by Crippen LogP contribution is -2.53. The Balaban J connectivity index is 1.77. The first-order chi connectivity index (χ1) is 12.7. The average molecular weight is 372 g/mol. The zero-order valence-electron chi connectivity index (χ0n) is 15.2. The summed E-state index contributed by atoms with van der Waals surface area (Å²) in [5, 5.41) is 18.5. The van der Waals surface area contributed by atoms with Crippen LogP contribution in [0.1, 0.15) is 36.9 Å². The maximum absolute atomic E-state index is 9.30. The number of aliphatic hydroxyl groups excluding tert-OH is 1. The van der Waals surface area contributed by atoms with Crippen LogP contribution in [0.5, 0.6) is 0 Å². The molecule has 0 spiro atoms. The van der Waals surface area contributed by atoms with Gasteiger partial charge in [-0.15, -0.1) is 11.3 Å². The first-order valence-corrected chi connectivity index (χ1v) is 10.0. The Labute approximate surface area is 158 Å². The van der Waals surface area contributed by atoms with E-state index in [0.717, 1.165) is 59.0 Å². The maximum atomic E-state index is 9.30. The van der Waals surface area contributed by atoms with E-state index < -0.39 is 0 Å². The zero-order valence-corrected chi connectivity index (χ0v) is 16.0. The molecule has 6 nitrogen and oxygen atoms in total. The highest BCUT2D eigenvalue weighted by molar-refractivity contribution is 7.16. The largest absolute Gasteiger partial charge is 0.396 e. The standard InChI is InChI=1S/C19H25N5OS/c1-12(2)18-23-16-17(24-9-8-20-13(11-24)7-10-25)21-14-5-3-4-6-15(14)22-19(16)26-18/h3-6,12-13,20,22,25H,7-11H2,1-2H3. The number of rotatable bonds is 3. The van der Waals surface area contributed by atoms with Gasteiger partial charge in [0.1, 0.15) is 10.7 Å². The van der Waals surface area contributed by atoms with Gasteiger partial charge in [-0.05, 0) is 18.6 Å².